The maximum atomic E-state index is 12.1. The standard InChI is InChI=1S/C14H17NO4S/c1-2-3-8-19-12(16)9-15-11-7-5-4-6-10(11)14(18,20)13(15)17/h4-7,18,20H,2-3,8-9H2,1H3/t14-/m1/s1. The molecular formula is C14H17NO4S. The van der Waals surface area contributed by atoms with E-state index in [9.17, 15) is 14.7 Å². The summed E-state index contributed by atoms with van der Waals surface area (Å²) in [5.41, 5.74) is 0.872. The molecule has 0 fully saturated rings. The lowest BCUT2D eigenvalue weighted by atomic mass is 10.1. The second-order valence-electron chi connectivity index (χ2n) is 4.65. The Bertz CT molecular complexity index is 530. The Hall–Kier alpha value is -1.53. The molecule has 1 aromatic carbocycles. The molecule has 1 aliphatic rings. The van der Waals surface area contributed by atoms with Crippen LogP contribution in [0.3, 0.4) is 0 Å². The van der Waals surface area contributed by atoms with Crippen LogP contribution < -0.4 is 4.90 Å². The fourth-order valence-corrected chi connectivity index (χ4v) is 2.39. The van der Waals surface area contributed by atoms with Gasteiger partial charge in [-0.1, -0.05) is 31.5 Å². The summed E-state index contributed by atoms with van der Waals surface area (Å²) in [7, 11) is 0. The highest BCUT2D eigenvalue weighted by atomic mass is 32.1. The van der Waals surface area contributed by atoms with Gasteiger partial charge in [-0.15, -0.1) is 12.6 Å². The number of rotatable bonds is 5. The van der Waals surface area contributed by atoms with Crippen molar-refractivity contribution < 1.29 is 19.4 Å². The lowest BCUT2D eigenvalue weighted by molar-refractivity contribution is -0.143. The van der Waals surface area contributed by atoms with Gasteiger partial charge in [0.2, 0.25) is 4.93 Å². The zero-order valence-electron chi connectivity index (χ0n) is 11.2. The lowest BCUT2D eigenvalue weighted by Gasteiger charge is -2.18. The number of esters is 1. The second kappa shape index (κ2) is 5.85. The Morgan fingerprint density at radius 1 is 1.45 bits per heavy atom. The van der Waals surface area contributed by atoms with E-state index in [1.807, 2.05) is 6.92 Å². The fourth-order valence-electron chi connectivity index (χ4n) is 2.08. The maximum Gasteiger partial charge on any atom is 0.326 e. The number of anilines is 1. The fraction of sp³-hybridized carbons (Fsp3) is 0.429. The van der Waals surface area contributed by atoms with Crippen LogP contribution in [-0.4, -0.2) is 30.1 Å². The number of para-hydroxylation sites is 1. The zero-order valence-corrected chi connectivity index (χ0v) is 12.1. The van der Waals surface area contributed by atoms with E-state index in [2.05, 4.69) is 12.6 Å². The number of carbonyl (C=O) groups is 2. The van der Waals surface area contributed by atoms with Crippen LogP contribution in [-0.2, 0) is 19.3 Å². The number of thiol groups is 1. The van der Waals surface area contributed by atoms with Crippen LogP contribution in [0.15, 0.2) is 24.3 Å². The lowest BCUT2D eigenvalue weighted by Crippen LogP contribution is -2.40. The molecule has 0 aromatic heterocycles. The molecule has 6 heteroatoms. The van der Waals surface area contributed by atoms with Crippen molar-refractivity contribution in [3.63, 3.8) is 0 Å². The number of hydrogen-bond acceptors (Lipinski definition) is 5. The number of unbranched alkanes of at least 4 members (excludes halogenated alkanes) is 1. The van der Waals surface area contributed by atoms with Crippen molar-refractivity contribution in [2.24, 2.45) is 0 Å². The number of amides is 1. The SMILES string of the molecule is CCCCOC(=O)CN1C(=O)[C@](O)(S)c2ccccc21. The van der Waals surface area contributed by atoms with Crippen LogP contribution in [0.1, 0.15) is 25.3 Å². The largest absolute Gasteiger partial charge is 0.464 e. The molecule has 108 valence electrons. The molecule has 1 aromatic rings. The number of carbonyl (C=O) groups excluding carboxylic acids is 2. The van der Waals surface area contributed by atoms with Crippen LogP contribution >= 0.6 is 12.6 Å². The summed E-state index contributed by atoms with van der Waals surface area (Å²) in [5.74, 6) is -1.12. The Morgan fingerprint density at radius 2 is 2.15 bits per heavy atom. The average molecular weight is 295 g/mol. The molecule has 5 nitrogen and oxygen atoms in total. The molecule has 1 heterocycles. The summed E-state index contributed by atoms with van der Waals surface area (Å²) in [5, 5.41) is 10.1. The number of aliphatic hydroxyl groups is 1. The summed E-state index contributed by atoms with van der Waals surface area (Å²) < 4.78 is 5.04. The van der Waals surface area contributed by atoms with Crippen LogP contribution in [0, 0.1) is 0 Å². The van der Waals surface area contributed by atoms with Gasteiger partial charge < -0.3 is 9.84 Å². The zero-order chi connectivity index (χ0) is 14.8. The molecule has 1 aliphatic heterocycles. The number of ether oxygens (including phenoxy) is 1. The smallest absolute Gasteiger partial charge is 0.326 e. The van der Waals surface area contributed by atoms with E-state index in [1.165, 1.54) is 4.90 Å². The predicted octanol–water partition coefficient (Wildman–Crippen LogP) is 1.45. The third-order valence-electron chi connectivity index (χ3n) is 3.16. The summed E-state index contributed by atoms with van der Waals surface area (Å²) in [6, 6.07) is 6.72. The van der Waals surface area contributed by atoms with Gasteiger partial charge in [-0.2, -0.15) is 0 Å². The number of benzene rings is 1. The Kier molecular flexibility index (Phi) is 4.35. The van der Waals surface area contributed by atoms with Gasteiger partial charge >= 0.3 is 5.97 Å². The quantitative estimate of drug-likeness (QED) is 0.373. The van der Waals surface area contributed by atoms with E-state index < -0.39 is 16.8 Å². The normalized spacial score (nSPS) is 20.9. The van der Waals surface area contributed by atoms with Gasteiger partial charge in [-0.05, 0) is 12.5 Å². The Labute approximate surface area is 122 Å². The molecule has 0 saturated heterocycles. The van der Waals surface area contributed by atoms with E-state index in [4.69, 9.17) is 4.74 Å². The highest BCUT2D eigenvalue weighted by Crippen LogP contribution is 2.42. The van der Waals surface area contributed by atoms with Gasteiger partial charge in [0.15, 0.2) is 0 Å². The van der Waals surface area contributed by atoms with Gasteiger partial charge in [0.25, 0.3) is 5.91 Å². The molecule has 0 saturated carbocycles. The topological polar surface area (TPSA) is 66.8 Å². The average Bonchev–Trinajstić information content (AvgIpc) is 2.61. The molecule has 20 heavy (non-hydrogen) atoms. The number of fused-ring (bicyclic) bond motifs is 1. The van der Waals surface area contributed by atoms with Gasteiger partial charge in [0.05, 0.1) is 12.3 Å². The predicted molar refractivity (Wildman–Crippen MR) is 77.5 cm³/mol. The van der Waals surface area contributed by atoms with Crippen molar-refractivity contribution in [1.82, 2.24) is 0 Å². The highest BCUT2D eigenvalue weighted by molar-refractivity contribution is 7.82. The first-order valence-electron chi connectivity index (χ1n) is 6.50. The van der Waals surface area contributed by atoms with E-state index in [1.54, 1.807) is 24.3 Å². The van der Waals surface area contributed by atoms with Crippen molar-refractivity contribution >= 4 is 30.2 Å². The van der Waals surface area contributed by atoms with Gasteiger partial charge in [-0.25, -0.2) is 0 Å². The summed E-state index contributed by atoms with van der Waals surface area (Å²) in [6.07, 6.45) is 1.71. The van der Waals surface area contributed by atoms with Crippen molar-refractivity contribution in [2.75, 3.05) is 18.1 Å². The first kappa shape index (κ1) is 14.9. The molecule has 0 spiro atoms. The highest BCUT2D eigenvalue weighted by Gasteiger charge is 2.47. The van der Waals surface area contributed by atoms with Gasteiger partial charge in [0, 0.05) is 5.56 Å². The van der Waals surface area contributed by atoms with Crippen molar-refractivity contribution in [2.45, 2.75) is 24.7 Å². The summed E-state index contributed by atoms with van der Waals surface area (Å²) in [6.45, 7) is 2.11. The minimum atomic E-state index is -1.89. The molecule has 2 rings (SSSR count). The maximum absolute atomic E-state index is 12.1. The third-order valence-corrected chi connectivity index (χ3v) is 3.59. The molecule has 0 aliphatic carbocycles. The summed E-state index contributed by atoms with van der Waals surface area (Å²) >= 11 is 4.00. The molecule has 0 radical (unpaired) electrons. The minimum Gasteiger partial charge on any atom is -0.464 e. The minimum absolute atomic E-state index is 0.220. The van der Waals surface area contributed by atoms with Crippen molar-refractivity contribution in [1.29, 1.82) is 0 Å². The molecule has 0 unspecified atom stereocenters. The van der Waals surface area contributed by atoms with E-state index in [-0.39, 0.29) is 6.54 Å². The number of nitrogens with zero attached hydrogens (tertiary/aromatic N) is 1. The third kappa shape index (κ3) is 2.66. The Morgan fingerprint density at radius 3 is 2.85 bits per heavy atom. The van der Waals surface area contributed by atoms with Crippen LogP contribution in [0.4, 0.5) is 5.69 Å². The molecular weight excluding hydrogens is 278 g/mol. The van der Waals surface area contributed by atoms with Crippen molar-refractivity contribution in [3.8, 4) is 0 Å². The molecule has 1 amide bonds. The monoisotopic (exact) mass is 295 g/mol. The molecule has 1 atom stereocenters. The second-order valence-corrected chi connectivity index (χ2v) is 5.30. The van der Waals surface area contributed by atoms with E-state index in [0.717, 1.165) is 12.8 Å². The van der Waals surface area contributed by atoms with E-state index >= 15 is 0 Å². The van der Waals surface area contributed by atoms with Gasteiger partial charge in [-0.3, -0.25) is 14.5 Å². The summed E-state index contributed by atoms with van der Waals surface area (Å²) in [4.78, 5) is 23.2. The molecule has 0 bridgehead atoms. The van der Waals surface area contributed by atoms with Gasteiger partial charge in [0.1, 0.15) is 6.54 Å². The van der Waals surface area contributed by atoms with Crippen molar-refractivity contribution in [3.05, 3.63) is 29.8 Å². The first-order chi connectivity index (χ1) is 9.48. The van der Waals surface area contributed by atoms with Crippen LogP contribution in [0.2, 0.25) is 0 Å². The van der Waals surface area contributed by atoms with Crippen LogP contribution in [0.25, 0.3) is 0 Å². The van der Waals surface area contributed by atoms with E-state index in [0.29, 0.717) is 17.9 Å². The van der Waals surface area contributed by atoms with Crippen LogP contribution in [0.5, 0.6) is 0 Å². The first-order valence-corrected chi connectivity index (χ1v) is 6.95. The molecule has 1 N–H and O–H groups in total. The Balaban J connectivity index is 2.13. The number of hydrogen-bond donors (Lipinski definition) is 2.